The molecule has 0 amide bonds. The lowest BCUT2D eigenvalue weighted by Crippen LogP contribution is -2.54. The third-order valence-corrected chi connectivity index (χ3v) is 24.0. The van der Waals surface area contributed by atoms with Crippen LogP contribution >= 0.6 is 0 Å². The summed E-state index contributed by atoms with van der Waals surface area (Å²) in [6, 6.07) is 65.9. The van der Waals surface area contributed by atoms with Gasteiger partial charge in [-0.25, -0.2) is 0 Å². The predicted molar refractivity (Wildman–Crippen MR) is 355 cm³/mol. The van der Waals surface area contributed by atoms with Crippen molar-refractivity contribution in [3.63, 3.8) is 0 Å². The van der Waals surface area contributed by atoms with E-state index in [1.54, 1.807) is 21.3 Å². The Morgan fingerprint density at radius 2 is 0.659 bits per heavy atom. The van der Waals surface area contributed by atoms with Gasteiger partial charge in [-0.3, -0.25) is 0 Å². The van der Waals surface area contributed by atoms with Crippen molar-refractivity contribution < 1.29 is 14.2 Å². The molecular formula is C79H79N3O3. The van der Waals surface area contributed by atoms with E-state index in [0.29, 0.717) is 0 Å². The largest absolute Gasteiger partial charge is 0.497 e. The highest BCUT2D eigenvalue weighted by Crippen LogP contribution is 2.65. The van der Waals surface area contributed by atoms with E-state index in [2.05, 4.69) is 226 Å². The molecule has 0 spiro atoms. The fourth-order valence-corrected chi connectivity index (χ4v) is 18.8. The standard InChI is InChI=1S/C79H79N3O3/c1-74-37-10-13-40-77(74,4)80(54-19-16-22-57(46-54)83-7)69-34-27-51(43-66(69)74)60-30-25-50-26-31-62-64(52-28-35-70-67(44-52)75(2)38-11-14-41-78(75,5)81(70)55-20-17-23-58(47-55)84-8)49-65(63-33-32-61(60)72(50)73(62)63)53-29-36-71-68(45-53)76(3)39-12-15-42-79(76,6)82(71)56-21-18-24-59(48-56)85-9/h16-36,43-49H,10-15,37-42H2,1-9H3. The van der Waals surface area contributed by atoms with Crippen LogP contribution in [0.2, 0.25) is 0 Å². The number of rotatable bonds is 9. The summed E-state index contributed by atoms with van der Waals surface area (Å²) in [5, 5.41) is 7.88. The van der Waals surface area contributed by atoms with Crippen molar-refractivity contribution in [3.8, 4) is 50.6 Å². The maximum Gasteiger partial charge on any atom is 0.120 e. The van der Waals surface area contributed by atoms with E-state index in [-0.39, 0.29) is 32.9 Å². The SMILES string of the molecule is COc1cccc(N2c3ccc(-c4ccc5ccc6c(-c7ccc8c(c7)C7(C)CCCCC7(C)N8c7cccc(OC)c7)cc(-c7ccc8c(c7)C7(C)CCCCC7(C)N8c7cccc(OC)c7)c7ccc4c5c67)cc3C3(C)CCCCC23C)c1. The van der Waals surface area contributed by atoms with Gasteiger partial charge in [0.1, 0.15) is 17.2 Å². The molecule has 10 aromatic carbocycles. The molecule has 85 heavy (non-hydrogen) atoms. The maximum absolute atomic E-state index is 5.87. The van der Waals surface area contributed by atoms with Gasteiger partial charge in [-0.1, -0.05) is 132 Å². The molecule has 6 atom stereocenters. The Labute approximate surface area is 502 Å². The first-order valence-electron chi connectivity index (χ1n) is 31.7. The highest BCUT2D eigenvalue weighted by atomic mass is 16.5. The van der Waals surface area contributed by atoms with Gasteiger partial charge in [0.2, 0.25) is 0 Å². The summed E-state index contributed by atoms with van der Waals surface area (Å²) < 4.78 is 17.6. The number of fused-ring (bicyclic) bond motifs is 9. The van der Waals surface area contributed by atoms with Crippen LogP contribution in [0.1, 0.15) is 135 Å². The first-order chi connectivity index (χ1) is 41.2. The van der Waals surface area contributed by atoms with Crippen LogP contribution in [0.4, 0.5) is 34.1 Å². The number of hydrogen-bond acceptors (Lipinski definition) is 6. The number of hydrogen-bond donors (Lipinski definition) is 0. The summed E-state index contributed by atoms with van der Waals surface area (Å²) in [6.07, 6.45) is 14.2. The molecule has 0 aromatic heterocycles. The third kappa shape index (κ3) is 7.00. The van der Waals surface area contributed by atoms with Crippen LogP contribution in [0.5, 0.6) is 17.2 Å². The van der Waals surface area contributed by atoms with Gasteiger partial charge in [0.25, 0.3) is 0 Å². The zero-order chi connectivity index (χ0) is 58.0. The average Bonchev–Trinajstić information content (AvgIpc) is 1.64. The second kappa shape index (κ2) is 18.5. The smallest absolute Gasteiger partial charge is 0.120 e. The van der Waals surface area contributed by atoms with Crippen LogP contribution in [0.25, 0.3) is 65.7 Å². The molecule has 3 aliphatic carbocycles. The fourth-order valence-electron chi connectivity index (χ4n) is 18.8. The van der Waals surface area contributed by atoms with Crippen molar-refractivity contribution in [1.82, 2.24) is 0 Å². The normalized spacial score (nSPS) is 26.5. The predicted octanol–water partition coefficient (Wildman–Crippen LogP) is 20.8. The van der Waals surface area contributed by atoms with Crippen LogP contribution in [-0.4, -0.2) is 37.9 Å². The number of benzene rings is 10. The second-order valence-electron chi connectivity index (χ2n) is 27.6. The van der Waals surface area contributed by atoms with E-state index in [1.165, 1.54) is 155 Å². The van der Waals surface area contributed by atoms with E-state index < -0.39 is 0 Å². The number of methoxy groups -OCH3 is 3. The molecule has 3 fully saturated rings. The molecule has 3 saturated carbocycles. The van der Waals surface area contributed by atoms with Gasteiger partial charge < -0.3 is 28.9 Å². The molecule has 0 saturated heterocycles. The van der Waals surface area contributed by atoms with E-state index in [1.807, 2.05) is 0 Å². The quantitative estimate of drug-likeness (QED) is 0.134. The second-order valence-corrected chi connectivity index (χ2v) is 27.6. The average molecular weight is 1120 g/mol. The summed E-state index contributed by atoms with van der Waals surface area (Å²) in [7, 11) is 5.34. The number of ether oxygens (including phenoxy) is 3. The molecule has 428 valence electrons. The minimum atomic E-state index is -0.104. The Balaban J connectivity index is 0.924. The van der Waals surface area contributed by atoms with Gasteiger partial charge in [-0.05, 0) is 221 Å². The Hall–Kier alpha value is -7.96. The zero-order valence-corrected chi connectivity index (χ0v) is 51.2. The molecule has 6 nitrogen and oxygen atoms in total. The van der Waals surface area contributed by atoms with Crippen LogP contribution in [0, 0.1) is 0 Å². The minimum absolute atomic E-state index is 0.0345. The molecule has 6 unspecified atom stereocenters. The van der Waals surface area contributed by atoms with Gasteiger partial charge >= 0.3 is 0 Å². The van der Waals surface area contributed by atoms with E-state index in [0.717, 1.165) is 55.8 Å². The summed E-state index contributed by atoms with van der Waals surface area (Å²) in [6.45, 7) is 15.3. The summed E-state index contributed by atoms with van der Waals surface area (Å²) >= 11 is 0. The monoisotopic (exact) mass is 1120 g/mol. The third-order valence-electron chi connectivity index (χ3n) is 24.0. The van der Waals surface area contributed by atoms with Crippen LogP contribution in [0.3, 0.4) is 0 Å². The lowest BCUT2D eigenvalue weighted by atomic mass is 9.61. The van der Waals surface area contributed by atoms with Gasteiger partial charge in [-0.2, -0.15) is 0 Å². The van der Waals surface area contributed by atoms with Gasteiger partial charge in [-0.15, -0.1) is 0 Å². The number of nitrogens with zero attached hydrogens (tertiary/aromatic N) is 3. The van der Waals surface area contributed by atoms with Crippen LogP contribution in [0.15, 0.2) is 170 Å². The lowest BCUT2D eigenvalue weighted by molar-refractivity contribution is 0.195. The lowest BCUT2D eigenvalue weighted by Gasteiger charge is -2.50. The molecule has 6 heteroatoms. The molecule has 0 radical (unpaired) electrons. The number of anilines is 6. The molecule has 0 N–H and O–H groups in total. The van der Waals surface area contributed by atoms with E-state index in [4.69, 9.17) is 14.2 Å². The first-order valence-corrected chi connectivity index (χ1v) is 31.7. The van der Waals surface area contributed by atoms with Gasteiger partial charge in [0, 0.05) is 68.6 Å². The van der Waals surface area contributed by atoms with Crippen molar-refractivity contribution in [2.75, 3.05) is 36.0 Å². The van der Waals surface area contributed by atoms with Crippen molar-refractivity contribution in [1.29, 1.82) is 0 Å². The summed E-state index contributed by atoms with van der Waals surface area (Å²) in [5.41, 5.74) is 19.2. The topological polar surface area (TPSA) is 37.4 Å². The van der Waals surface area contributed by atoms with Crippen molar-refractivity contribution in [2.24, 2.45) is 0 Å². The van der Waals surface area contributed by atoms with Crippen LogP contribution < -0.4 is 28.9 Å². The van der Waals surface area contributed by atoms with Crippen molar-refractivity contribution in [2.45, 2.75) is 151 Å². The Bertz CT molecular complexity index is 4240. The van der Waals surface area contributed by atoms with E-state index in [9.17, 15) is 0 Å². The Kier molecular flexibility index (Phi) is 11.5. The Morgan fingerprint density at radius 3 is 1.05 bits per heavy atom. The molecule has 10 aromatic rings. The maximum atomic E-state index is 5.87. The molecular weight excluding hydrogens is 1040 g/mol. The highest BCUT2D eigenvalue weighted by Gasteiger charge is 2.60. The minimum Gasteiger partial charge on any atom is -0.497 e. The van der Waals surface area contributed by atoms with Crippen molar-refractivity contribution >= 4 is 66.4 Å². The molecule has 3 aliphatic heterocycles. The summed E-state index contributed by atoms with van der Waals surface area (Å²) in [4.78, 5) is 8.01. The Morgan fingerprint density at radius 1 is 0.318 bits per heavy atom. The summed E-state index contributed by atoms with van der Waals surface area (Å²) in [5.74, 6) is 2.68. The molecule has 0 bridgehead atoms. The molecule has 16 rings (SSSR count). The van der Waals surface area contributed by atoms with Gasteiger partial charge in [0.05, 0.1) is 37.9 Å². The van der Waals surface area contributed by atoms with Crippen LogP contribution in [-0.2, 0) is 16.2 Å². The van der Waals surface area contributed by atoms with Gasteiger partial charge in [0.15, 0.2) is 0 Å². The van der Waals surface area contributed by atoms with E-state index >= 15 is 0 Å². The molecule has 6 aliphatic rings. The fraction of sp³-hybridized carbons (Fsp3) is 0.342. The first kappa shape index (κ1) is 52.6. The zero-order valence-electron chi connectivity index (χ0n) is 51.2. The van der Waals surface area contributed by atoms with Crippen molar-refractivity contribution in [3.05, 3.63) is 187 Å². The highest BCUT2D eigenvalue weighted by molar-refractivity contribution is 6.30. The molecule has 3 heterocycles.